The zero-order valence-corrected chi connectivity index (χ0v) is 7.55. The van der Waals surface area contributed by atoms with Crippen LogP contribution in [0.25, 0.3) is 0 Å². The summed E-state index contributed by atoms with van der Waals surface area (Å²) in [5.74, 6) is 5.61. The zero-order chi connectivity index (χ0) is 5.98. The topological polar surface area (TPSA) is 29.3 Å². The standard InChI is InChI=1S/C6H14N2.BrH/c1-6-4-2-3-5-8(6)7;/h6H,2-5,7H2,1H3;1H. The molecule has 1 rings (SSSR count). The third kappa shape index (κ3) is 2.65. The highest BCUT2D eigenvalue weighted by molar-refractivity contribution is 8.93. The number of nitrogens with two attached hydrogens (primary N) is 1. The lowest BCUT2D eigenvalue weighted by Gasteiger charge is -2.28. The summed E-state index contributed by atoms with van der Waals surface area (Å²) in [6.07, 6.45) is 3.91. The van der Waals surface area contributed by atoms with E-state index in [4.69, 9.17) is 5.84 Å². The number of piperidine rings is 1. The Bertz CT molecular complexity index is 67.5. The molecule has 1 heterocycles. The monoisotopic (exact) mass is 194 g/mol. The van der Waals surface area contributed by atoms with E-state index in [2.05, 4.69) is 6.92 Å². The van der Waals surface area contributed by atoms with Gasteiger partial charge in [0.15, 0.2) is 0 Å². The van der Waals surface area contributed by atoms with Gasteiger partial charge in [0.2, 0.25) is 0 Å². The average Bonchev–Trinajstić information content (AvgIpc) is 1.77. The molecule has 1 fully saturated rings. The van der Waals surface area contributed by atoms with E-state index in [0.29, 0.717) is 6.04 Å². The fourth-order valence-electron chi connectivity index (χ4n) is 1.12. The highest BCUT2D eigenvalue weighted by atomic mass is 79.9. The third-order valence-corrected chi connectivity index (χ3v) is 1.85. The van der Waals surface area contributed by atoms with Crippen LogP contribution in [0.1, 0.15) is 26.2 Å². The van der Waals surface area contributed by atoms with Gasteiger partial charge in [-0.25, -0.2) is 5.01 Å². The quantitative estimate of drug-likeness (QED) is 0.590. The van der Waals surface area contributed by atoms with E-state index in [1.807, 2.05) is 5.01 Å². The number of hydrazine groups is 1. The molecule has 2 N–H and O–H groups in total. The second-order valence-electron chi connectivity index (χ2n) is 2.58. The molecule has 0 aromatic heterocycles. The predicted octanol–water partition coefficient (Wildman–Crippen LogP) is 1.31. The maximum Gasteiger partial charge on any atom is 0.0212 e. The van der Waals surface area contributed by atoms with Crippen molar-refractivity contribution in [3.63, 3.8) is 0 Å². The Kier molecular flexibility index (Phi) is 4.44. The summed E-state index contributed by atoms with van der Waals surface area (Å²) in [5.41, 5.74) is 0. The SMILES string of the molecule is Br.CC1CCCCN1N. The molecule has 0 radical (unpaired) electrons. The van der Waals surface area contributed by atoms with E-state index in [0.717, 1.165) is 6.54 Å². The van der Waals surface area contributed by atoms with Crippen LogP contribution in [-0.4, -0.2) is 17.6 Å². The molecule has 56 valence electrons. The van der Waals surface area contributed by atoms with Crippen molar-refractivity contribution in [2.75, 3.05) is 6.54 Å². The summed E-state index contributed by atoms with van der Waals surface area (Å²) in [7, 11) is 0. The summed E-state index contributed by atoms with van der Waals surface area (Å²) in [4.78, 5) is 0. The first kappa shape index (κ1) is 9.40. The maximum absolute atomic E-state index is 5.61. The molecule has 0 aliphatic carbocycles. The van der Waals surface area contributed by atoms with Crippen molar-refractivity contribution in [1.29, 1.82) is 0 Å². The van der Waals surface area contributed by atoms with E-state index in [-0.39, 0.29) is 17.0 Å². The molecule has 1 aliphatic heterocycles. The molecule has 0 spiro atoms. The van der Waals surface area contributed by atoms with Crippen molar-refractivity contribution in [2.24, 2.45) is 5.84 Å². The van der Waals surface area contributed by atoms with Crippen molar-refractivity contribution in [1.82, 2.24) is 5.01 Å². The number of hydrogen-bond acceptors (Lipinski definition) is 2. The van der Waals surface area contributed by atoms with Crippen LogP contribution in [0, 0.1) is 0 Å². The van der Waals surface area contributed by atoms with Crippen LogP contribution in [0.5, 0.6) is 0 Å². The maximum atomic E-state index is 5.61. The van der Waals surface area contributed by atoms with E-state index < -0.39 is 0 Å². The smallest absolute Gasteiger partial charge is 0.0212 e. The van der Waals surface area contributed by atoms with Gasteiger partial charge in [0.1, 0.15) is 0 Å². The second-order valence-corrected chi connectivity index (χ2v) is 2.58. The average molecular weight is 195 g/mol. The number of rotatable bonds is 0. The first-order chi connectivity index (χ1) is 3.80. The van der Waals surface area contributed by atoms with E-state index in [1.54, 1.807) is 0 Å². The van der Waals surface area contributed by atoms with Crippen LogP contribution in [0.2, 0.25) is 0 Å². The van der Waals surface area contributed by atoms with Gasteiger partial charge in [-0.3, -0.25) is 5.84 Å². The molecule has 9 heavy (non-hydrogen) atoms. The van der Waals surface area contributed by atoms with Crippen LogP contribution in [0.4, 0.5) is 0 Å². The molecular formula is C6H15BrN2. The summed E-state index contributed by atoms with van der Waals surface area (Å²) in [5, 5.41) is 1.93. The third-order valence-electron chi connectivity index (χ3n) is 1.85. The minimum Gasteiger partial charge on any atom is -0.269 e. The Morgan fingerprint density at radius 1 is 1.44 bits per heavy atom. The van der Waals surface area contributed by atoms with Gasteiger partial charge in [-0.1, -0.05) is 6.42 Å². The van der Waals surface area contributed by atoms with Gasteiger partial charge in [-0.15, -0.1) is 17.0 Å². The van der Waals surface area contributed by atoms with Gasteiger partial charge < -0.3 is 0 Å². The predicted molar refractivity (Wildman–Crippen MR) is 44.5 cm³/mol. The van der Waals surface area contributed by atoms with Gasteiger partial charge >= 0.3 is 0 Å². The molecule has 1 atom stereocenters. The molecule has 2 nitrogen and oxygen atoms in total. The molecule has 0 amide bonds. The van der Waals surface area contributed by atoms with Crippen LogP contribution in [-0.2, 0) is 0 Å². The molecule has 0 bridgehead atoms. The van der Waals surface area contributed by atoms with Gasteiger partial charge in [0.05, 0.1) is 0 Å². The lowest BCUT2D eigenvalue weighted by Crippen LogP contribution is -2.42. The zero-order valence-electron chi connectivity index (χ0n) is 5.84. The normalized spacial score (nSPS) is 29.3. The minimum absolute atomic E-state index is 0. The van der Waals surface area contributed by atoms with Crippen molar-refractivity contribution < 1.29 is 0 Å². The fraction of sp³-hybridized carbons (Fsp3) is 1.00. The van der Waals surface area contributed by atoms with Gasteiger partial charge in [0, 0.05) is 12.6 Å². The summed E-state index contributed by atoms with van der Waals surface area (Å²) >= 11 is 0. The molecule has 1 saturated heterocycles. The Morgan fingerprint density at radius 3 is 2.44 bits per heavy atom. The van der Waals surface area contributed by atoms with Crippen LogP contribution < -0.4 is 5.84 Å². The van der Waals surface area contributed by atoms with Gasteiger partial charge in [-0.2, -0.15) is 0 Å². The molecule has 0 saturated carbocycles. The van der Waals surface area contributed by atoms with Gasteiger partial charge in [0.25, 0.3) is 0 Å². The van der Waals surface area contributed by atoms with Crippen molar-refractivity contribution in [2.45, 2.75) is 32.2 Å². The summed E-state index contributed by atoms with van der Waals surface area (Å²) in [6, 6.07) is 0.615. The fourth-order valence-corrected chi connectivity index (χ4v) is 1.12. The van der Waals surface area contributed by atoms with Crippen LogP contribution >= 0.6 is 17.0 Å². The molecule has 3 heteroatoms. The Morgan fingerprint density at radius 2 is 2.11 bits per heavy atom. The summed E-state index contributed by atoms with van der Waals surface area (Å²) < 4.78 is 0. The van der Waals surface area contributed by atoms with Crippen LogP contribution in [0.15, 0.2) is 0 Å². The van der Waals surface area contributed by atoms with Crippen molar-refractivity contribution >= 4 is 17.0 Å². The number of hydrogen-bond donors (Lipinski definition) is 1. The minimum atomic E-state index is 0. The lowest BCUT2D eigenvalue weighted by molar-refractivity contribution is 0.164. The highest BCUT2D eigenvalue weighted by Gasteiger charge is 2.13. The lowest BCUT2D eigenvalue weighted by atomic mass is 10.1. The summed E-state index contributed by atoms with van der Waals surface area (Å²) in [6.45, 7) is 3.26. The largest absolute Gasteiger partial charge is 0.269 e. The van der Waals surface area contributed by atoms with Gasteiger partial charge in [-0.05, 0) is 19.8 Å². The molecular weight excluding hydrogens is 180 g/mol. The highest BCUT2D eigenvalue weighted by Crippen LogP contribution is 2.11. The van der Waals surface area contributed by atoms with Crippen LogP contribution in [0.3, 0.4) is 0 Å². The Labute approximate surface area is 67.1 Å². The molecule has 0 aromatic carbocycles. The number of nitrogens with zero attached hydrogens (tertiary/aromatic N) is 1. The Balaban J connectivity index is 0.000000640. The number of halogens is 1. The van der Waals surface area contributed by atoms with E-state index in [1.165, 1.54) is 19.3 Å². The Hall–Kier alpha value is 0.400. The molecule has 1 unspecified atom stereocenters. The van der Waals surface area contributed by atoms with E-state index >= 15 is 0 Å². The van der Waals surface area contributed by atoms with E-state index in [9.17, 15) is 0 Å². The molecule has 1 aliphatic rings. The van der Waals surface area contributed by atoms with Crippen molar-refractivity contribution in [3.05, 3.63) is 0 Å². The second kappa shape index (κ2) is 4.25. The molecule has 0 aromatic rings. The first-order valence-corrected chi connectivity index (χ1v) is 3.32. The van der Waals surface area contributed by atoms with Crippen molar-refractivity contribution in [3.8, 4) is 0 Å². The first-order valence-electron chi connectivity index (χ1n) is 3.32.